The lowest BCUT2D eigenvalue weighted by Crippen LogP contribution is -2.50. The Morgan fingerprint density at radius 1 is 0.619 bits per heavy atom. The highest BCUT2D eigenvalue weighted by molar-refractivity contribution is 5.88. The number of hydrogen-bond donors (Lipinski definition) is 0. The summed E-state index contributed by atoms with van der Waals surface area (Å²) in [7, 11) is 0. The highest BCUT2D eigenvalue weighted by Gasteiger charge is 2.57. The summed E-state index contributed by atoms with van der Waals surface area (Å²) in [6.07, 6.45) is 5.40. The van der Waals surface area contributed by atoms with Gasteiger partial charge in [-0.1, -0.05) is 86.7 Å². The van der Waals surface area contributed by atoms with E-state index in [1.54, 1.807) is 0 Å². The summed E-state index contributed by atoms with van der Waals surface area (Å²) in [6, 6.07) is 16.7. The predicted octanol–water partition coefficient (Wildman–Crippen LogP) is 8.36. The molecule has 0 aromatic heterocycles. The van der Waals surface area contributed by atoms with Gasteiger partial charge in [0.15, 0.2) is 0 Å². The molecule has 2 bridgehead atoms. The fourth-order valence-corrected chi connectivity index (χ4v) is 8.74. The number of ether oxygens (including phenoxy) is 2. The molecule has 0 radical (unpaired) electrons. The van der Waals surface area contributed by atoms with Gasteiger partial charge in [0.1, 0.15) is 12.2 Å². The van der Waals surface area contributed by atoms with Crippen LogP contribution in [0.25, 0.3) is 0 Å². The molecule has 2 fully saturated rings. The molecule has 7 rings (SSSR count). The van der Waals surface area contributed by atoms with E-state index in [0.717, 1.165) is 71.9 Å². The summed E-state index contributed by atoms with van der Waals surface area (Å²) >= 11 is 0. The van der Waals surface area contributed by atoms with E-state index in [-0.39, 0.29) is 47.8 Å². The standard InChI is InChI=1S/C38H46O4/c1-21(2)25-17-15-23(5)19-31(25)41-37(39)35-33-27-11-7-9-13-29(27)34(30-14-10-8-12-28(30)33)36(35)38(40)42-32-20-24(6)16-18-26(32)22(3)4/h7-14,23-26,31-36H,1,3,15-20H2,2,4-6H3/t23-,24-,25+,26+,31-,32-,33?,34?,35+,36+/m1/s1. The molecule has 0 heterocycles. The molecule has 4 heteroatoms. The molecular formula is C38H46O4. The van der Waals surface area contributed by atoms with E-state index in [1.165, 1.54) is 0 Å². The molecular weight excluding hydrogens is 520 g/mol. The lowest BCUT2D eigenvalue weighted by molar-refractivity contribution is -0.174. The minimum atomic E-state index is -0.639. The van der Waals surface area contributed by atoms with E-state index in [0.29, 0.717) is 11.8 Å². The van der Waals surface area contributed by atoms with Crippen molar-refractivity contribution >= 4 is 11.9 Å². The van der Waals surface area contributed by atoms with Crippen molar-refractivity contribution in [3.63, 3.8) is 0 Å². The molecule has 0 aliphatic heterocycles. The van der Waals surface area contributed by atoms with Gasteiger partial charge in [-0.2, -0.15) is 0 Å². The number of fused-ring (bicyclic) bond motifs is 1. The van der Waals surface area contributed by atoms with Crippen LogP contribution in [0.15, 0.2) is 72.8 Å². The second-order valence-corrected chi connectivity index (χ2v) is 14.0. The number of carbonyl (C=O) groups excluding carboxylic acids is 2. The molecule has 4 nitrogen and oxygen atoms in total. The van der Waals surface area contributed by atoms with Gasteiger partial charge in [-0.25, -0.2) is 0 Å². The van der Waals surface area contributed by atoms with Crippen LogP contribution < -0.4 is 0 Å². The Kier molecular flexibility index (Phi) is 7.93. The molecule has 5 aliphatic carbocycles. The SMILES string of the molecule is C=C(C)[C@@H]1CC[C@@H](C)C[C@H]1OC(=O)[C@H]1C2c3ccccc3C(c3ccccc32)[C@@H]1C(=O)O[C@@H]1C[C@H](C)CC[C@H]1C(=C)C. The van der Waals surface area contributed by atoms with Gasteiger partial charge in [-0.3, -0.25) is 9.59 Å². The molecule has 2 aromatic rings. The summed E-state index contributed by atoms with van der Waals surface area (Å²) in [4.78, 5) is 29.0. The second kappa shape index (κ2) is 11.5. The number of esters is 2. The summed E-state index contributed by atoms with van der Waals surface area (Å²) < 4.78 is 13.0. The first kappa shape index (κ1) is 29.0. The Labute approximate surface area is 251 Å². The van der Waals surface area contributed by atoms with Gasteiger partial charge in [0, 0.05) is 23.7 Å². The van der Waals surface area contributed by atoms with Crippen LogP contribution in [0.4, 0.5) is 0 Å². The number of carbonyl (C=O) groups is 2. The van der Waals surface area contributed by atoms with Crippen LogP contribution in [-0.2, 0) is 19.1 Å². The van der Waals surface area contributed by atoms with Gasteiger partial charge in [-0.05, 0) is 86.5 Å². The first-order valence-electron chi connectivity index (χ1n) is 16.0. The maximum atomic E-state index is 14.5. The maximum absolute atomic E-state index is 14.5. The Hall–Kier alpha value is -3.14. The van der Waals surface area contributed by atoms with Crippen molar-refractivity contribution < 1.29 is 19.1 Å². The highest BCUT2D eigenvalue weighted by atomic mass is 16.6. The van der Waals surface area contributed by atoms with Crippen LogP contribution in [0.5, 0.6) is 0 Å². The van der Waals surface area contributed by atoms with Crippen molar-refractivity contribution in [3.8, 4) is 0 Å². The van der Waals surface area contributed by atoms with Crippen molar-refractivity contribution in [3.05, 3.63) is 95.1 Å². The smallest absolute Gasteiger partial charge is 0.311 e. The molecule has 0 saturated heterocycles. The predicted molar refractivity (Wildman–Crippen MR) is 166 cm³/mol. The van der Waals surface area contributed by atoms with Gasteiger partial charge >= 0.3 is 11.9 Å². The molecule has 0 amide bonds. The van der Waals surface area contributed by atoms with Gasteiger partial charge < -0.3 is 9.47 Å². The molecule has 42 heavy (non-hydrogen) atoms. The summed E-state index contributed by atoms with van der Waals surface area (Å²) in [6.45, 7) is 17.0. The van der Waals surface area contributed by atoms with Gasteiger partial charge in [-0.15, -0.1) is 0 Å². The number of rotatable bonds is 6. The van der Waals surface area contributed by atoms with E-state index in [1.807, 2.05) is 38.1 Å². The monoisotopic (exact) mass is 566 g/mol. The fraction of sp³-hybridized carbons (Fsp3) is 0.526. The zero-order valence-corrected chi connectivity index (χ0v) is 25.7. The molecule has 5 aliphatic rings. The van der Waals surface area contributed by atoms with Crippen molar-refractivity contribution in [1.29, 1.82) is 0 Å². The quantitative estimate of drug-likeness (QED) is 0.260. The fourth-order valence-electron chi connectivity index (χ4n) is 8.74. The van der Waals surface area contributed by atoms with E-state index in [9.17, 15) is 9.59 Å². The van der Waals surface area contributed by atoms with Crippen molar-refractivity contribution in [2.75, 3.05) is 0 Å². The lowest BCUT2D eigenvalue weighted by atomic mass is 9.54. The van der Waals surface area contributed by atoms with Crippen LogP contribution in [0.2, 0.25) is 0 Å². The summed E-state index contributed by atoms with van der Waals surface area (Å²) in [5.74, 6) is -1.06. The zero-order valence-electron chi connectivity index (χ0n) is 25.7. The third-order valence-electron chi connectivity index (χ3n) is 10.9. The number of hydrogen-bond acceptors (Lipinski definition) is 4. The van der Waals surface area contributed by atoms with Gasteiger partial charge in [0.05, 0.1) is 11.8 Å². The lowest BCUT2D eigenvalue weighted by Gasteiger charge is -2.49. The van der Waals surface area contributed by atoms with Gasteiger partial charge in [0.2, 0.25) is 0 Å². The van der Waals surface area contributed by atoms with Crippen LogP contribution >= 0.6 is 0 Å². The average molecular weight is 567 g/mol. The zero-order chi connectivity index (χ0) is 29.7. The van der Waals surface area contributed by atoms with Crippen molar-refractivity contribution in [1.82, 2.24) is 0 Å². The summed E-state index contributed by atoms with van der Waals surface area (Å²) in [5.41, 5.74) is 6.65. The van der Waals surface area contributed by atoms with E-state index in [2.05, 4.69) is 51.3 Å². The van der Waals surface area contributed by atoms with Crippen molar-refractivity contribution in [2.24, 2.45) is 35.5 Å². The van der Waals surface area contributed by atoms with Crippen LogP contribution in [0, 0.1) is 35.5 Å². The normalized spacial score (nSPS) is 35.0. The summed E-state index contributed by atoms with van der Waals surface area (Å²) in [5, 5.41) is 0. The Morgan fingerprint density at radius 3 is 1.26 bits per heavy atom. The minimum Gasteiger partial charge on any atom is -0.461 e. The largest absolute Gasteiger partial charge is 0.461 e. The number of benzene rings is 2. The van der Waals surface area contributed by atoms with E-state index < -0.39 is 11.8 Å². The molecule has 2 saturated carbocycles. The Bertz CT molecular complexity index is 1240. The first-order chi connectivity index (χ1) is 20.2. The Balaban J connectivity index is 1.40. The highest BCUT2D eigenvalue weighted by Crippen LogP contribution is 2.59. The van der Waals surface area contributed by atoms with Crippen LogP contribution in [0.3, 0.4) is 0 Å². The molecule has 8 atom stereocenters. The maximum Gasteiger partial charge on any atom is 0.311 e. The van der Waals surface area contributed by atoms with E-state index in [4.69, 9.17) is 9.47 Å². The van der Waals surface area contributed by atoms with Crippen LogP contribution in [0.1, 0.15) is 100 Å². The first-order valence-corrected chi connectivity index (χ1v) is 16.0. The topological polar surface area (TPSA) is 52.6 Å². The molecule has 0 unspecified atom stereocenters. The molecule has 0 N–H and O–H groups in total. The third kappa shape index (κ3) is 5.05. The van der Waals surface area contributed by atoms with Crippen molar-refractivity contribution in [2.45, 2.75) is 90.3 Å². The molecule has 222 valence electrons. The minimum absolute atomic E-state index is 0.149. The van der Waals surface area contributed by atoms with Gasteiger partial charge in [0.25, 0.3) is 0 Å². The second-order valence-electron chi connectivity index (χ2n) is 14.0. The average Bonchev–Trinajstić information content (AvgIpc) is 2.96. The molecule has 2 aromatic carbocycles. The third-order valence-corrected chi connectivity index (χ3v) is 10.9. The Morgan fingerprint density at radius 2 is 0.952 bits per heavy atom. The van der Waals surface area contributed by atoms with Crippen LogP contribution in [-0.4, -0.2) is 24.1 Å². The molecule has 0 spiro atoms. The van der Waals surface area contributed by atoms with E-state index >= 15 is 0 Å².